The van der Waals surface area contributed by atoms with Crippen LogP contribution in [-0.4, -0.2) is 72.8 Å². The molecule has 0 saturated carbocycles. The van der Waals surface area contributed by atoms with Crippen LogP contribution in [0.4, 0.5) is 5.82 Å². The van der Waals surface area contributed by atoms with Gasteiger partial charge in [-0.15, -0.1) is 0 Å². The monoisotopic (exact) mass is 471 g/mol. The van der Waals surface area contributed by atoms with Gasteiger partial charge in [0.1, 0.15) is 11.6 Å². The summed E-state index contributed by atoms with van der Waals surface area (Å²) in [7, 11) is -3.58. The number of piperazine rings is 1. The molecule has 1 aromatic carbocycles. The van der Waals surface area contributed by atoms with Crippen LogP contribution in [0.2, 0.25) is 0 Å². The van der Waals surface area contributed by atoms with E-state index < -0.39 is 10.0 Å². The van der Waals surface area contributed by atoms with E-state index in [9.17, 15) is 13.2 Å². The van der Waals surface area contributed by atoms with Crippen molar-refractivity contribution in [2.45, 2.75) is 44.4 Å². The van der Waals surface area contributed by atoms with Crippen molar-refractivity contribution in [3.05, 3.63) is 47.9 Å². The lowest BCUT2D eigenvalue weighted by Crippen LogP contribution is -2.53. The Bertz CT molecular complexity index is 1080. The first-order chi connectivity index (χ1) is 15.8. The van der Waals surface area contributed by atoms with Crippen molar-refractivity contribution in [2.24, 2.45) is 5.92 Å². The molecule has 3 heterocycles. The summed E-state index contributed by atoms with van der Waals surface area (Å²) >= 11 is 0. The molecule has 1 atom stereocenters. The third-order valence-electron chi connectivity index (χ3n) is 6.40. The first kappa shape index (κ1) is 23.6. The highest BCUT2D eigenvalue weighted by atomic mass is 32.2. The molecule has 178 valence electrons. The highest BCUT2D eigenvalue weighted by Crippen LogP contribution is 2.26. The molecule has 2 aromatic rings. The molecule has 2 aliphatic heterocycles. The first-order valence-corrected chi connectivity index (χ1v) is 13.1. The van der Waals surface area contributed by atoms with Crippen LogP contribution in [0.15, 0.2) is 41.3 Å². The number of amides is 1. The lowest BCUT2D eigenvalue weighted by atomic mass is 9.98. The lowest BCUT2D eigenvalue weighted by molar-refractivity contribution is -0.137. The average molecular weight is 472 g/mol. The summed E-state index contributed by atoms with van der Waals surface area (Å²) in [6.45, 7) is 9.49. The van der Waals surface area contributed by atoms with Gasteiger partial charge in [-0.3, -0.25) is 4.79 Å². The van der Waals surface area contributed by atoms with Gasteiger partial charge < -0.3 is 9.80 Å². The molecule has 1 unspecified atom stereocenters. The van der Waals surface area contributed by atoms with Gasteiger partial charge in [-0.25, -0.2) is 18.4 Å². The van der Waals surface area contributed by atoms with E-state index in [4.69, 9.17) is 4.98 Å². The molecule has 0 aliphatic carbocycles. The summed E-state index contributed by atoms with van der Waals surface area (Å²) in [6, 6.07) is 10.5. The van der Waals surface area contributed by atoms with Gasteiger partial charge in [0.05, 0.1) is 10.8 Å². The van der Waals surface area contributed by atoms with Crippen molar-refractivity contribution >= 4 is 21.7 Å². The summed E-state index contributed by atoms with van der Waals surface area (Å²) in [5.74, 6) is 1.77. The maximum absolute atomic E-state index is 13.3. The molecule has 1 aromatic heterocycles. The number of anilines is 1. The fourth-order valence-corrected chi connectivity index (χ4v) is 6.06. The second-order valence-corrected chi connectivity index (χ2v) is 11.1. The summed E-state index contributed by atoms with van der Waals surface area (Å²) in [5, 5.41) is 0. The summed E-state index contributed by atoms with van der Waals surface area (Å²) in [6.07, 6.45) is 1.42. The van der Waals surface area contributed by atoms with Crippen LogP contribution >= 0.6 is 0 Å². The highest BCUT2D eigenvalue weighted by molar-refractivity contribution is 7.89. The molecular formula is C24H33N5O3S. The van der Waals surface area contributed by atoms with Gasteiger partial charge in [0.25, 0.3) is 0 Å². The molecule has 2 aliphatic rings. The number of hydrogen-bond acceptors (Lipinski definition) is 6. The number of rotatable bonds is 5. The van der Waals surface area contributed by atoms with Crippen LogP contribution < -0.4 is 4.90 Å². The van der Waals surface area contributed by atoms with E-state index in [1.807, 2.05) is 17.9 Å². The quantitative estimate of drug-likeness (QED) is 0.666. The maximum Gasteiger partial charge on any atom is 0.243 e. The van der Waals surface area contributed by atoms with E-state index >= 15 is 0 Å². The second-order valence-electron chi connectivity index (χ2n) is 9.21. The Morgan fingerprint density at radius 1 is 1.03 bits per heavy atom. The topological polar surface area (TPSA) is 86.7 Å². The van der Waals surface area contributed by atoms with E-state index in [1.165, 1.54) is 4.31 Å². The number of piperidine rings is 1. The Kier molecular flexibility index (Phi) is 6.99. The number of hydrogen-bond donors (Lipinski definition) is 0. The third-order valence-corrected chi connectivity index (χ3v) is 8.28. The lowest BCUT2D eigenvalue weighted by Gasteiger charge is -2.39. The summed E-state index contributed by atoms with van der Waals surface area (Å²) < 4.78 is 27.5. The number of aromatic nitrogens is 2. The zero-order valence-electron chi connectivity index (χ0n) is 19.6. The Hall–Kier alpha value is -2.52. The van der Waals surface area contributed by atoms with Crippen molar-refractivity contribution in [3.8, 4) is 0 Å². The van der Waals surface area contributed by atoms with Gasteiger partial charge in [-0.05, 0) is 31.9 Å². The van der Waals surface area contributed by atoms with Crippen molar-refractivity contribution in [1.29, 1.82) is 0 Å². The molecule has 4 rings (SSSR count). The summed E-state index contributed by atoms with van der Waals surface area (Å²) in [4.78, 5) is 26.9. The molecule has 33 heavy (non-hydrogen) atoms. The number of carbonyl (C=O) groups is 1. The van der Waals surface area contributed by atoms with Crippen LogP contribution in [0, 0.1) is 12.8 Å². The molecule has 2 saturated heterocycles. The minimum atomic E-state index is -3.58. The number of carbonyl (C=O) groups excluding carboxylic acids is 1. The Balaban J connectivity index is 1.39. The van der Waals surface area contributed by atoms with Crippen LogP contribution in [0.1, 0.15) is 44.1 Å². The van der Waals surface area contributed by atoms with Gasteiger partial charge >= 0.3 is 0 Å². The third kappa shape index (κ3) is 5.19. The second kappa shape index (κ2) is 9.77. The minimum absolute atomic E-state index is 0.0596. The van der Waals surface area contributed by atoms with Crippen molar-refractivity contribution in [3.63, 3.8) is 0 Å². The molecule has 1 amide bonds. The Morgan fingerprint density at radius 3 is 2.39 bits per heavy atom. The predicted octanol–water partition coefficient (Wildman–Crippen LogP) is 2.66. The van der Waals surface area contributed by atoms with Gasteiger partial charge in [-0.2, -0.15) is 4.31 Å². The Labute approximate surface area is 196 Å². The van der Waals surface area contributed by atoms with Crippen LogP contribution in [0.25, 0.3) is 0 Å². The molecule has 0 spiro atoms. The molecule has 0 N–H and O–H groups in total. The minimum Gasteiger partial charge on any atom is -0.353 e. The molecular weight excluding hydrogens is 438 g/mol. The molecule has 8 nitrogen and oxygen atoms in total. The molecule has 2 fully saturated rings. The zero-order valence-corrected chi connectivity index (χ0v) is 20.5. The highest BCUT2D eigenvalue weighted by Gasteiger charge is 2.36. The van der Waals surface area contributed by atoms with Crippen molar-refractivity contribution in [2.75, 3.05) is 44.2 Å². The number of sulfonamides is 1. The zero-order chi connectivity index (χ0) is 23.6. The molecule has 0 bridgehead atoms. The van der Waals surface area contributed by atoms with E-state index in [-0.39, 0.29) is 29.2 Å². The van der Waals surface area contributed by atoms with Gasteiger partial charge in [0, 0.05) is 56.9 Å². The van der Waals surface area contributed by atoms with Crippen molar-refractivity contribution < 1.29 is 13.2 Å². The van der Waals surface area contributed by atoms with Crippen molar-refractivity contribution in [1.82, 2.24) is 19.2 Å². The van der Waals surface area contributed by atoms with Gasteiger partial charge in [-0.1, -0.05) is 32.0 Å². The van der Waals surface area contributed by atoms with E-state index in [1.54, 1.807) is 30.3 Å². The number of aryl methyl sites for hydroxylation is 1. The largest absolute Gasteiger partial charge is 0.353 e. The van der Waals surface area contributed by atoms with Gasteiger partial charge in [0.15, 0.2) is 0 Å². The van der Waals surface area contributed by atoms with Crippen LogP contribution in [-0.2, 0) is 14.8 Å². The fourth-order valence-electron chi connectivity index (χ4n) is 4.51. The SMILES string of the molecule is Cc1cc(N2CCN(C(=O)C3CCCN(S(=O)(=O)c4ccccc4)C3)CC2)nc(C(C)C)n1. The predicted molar refractivity (Wildman–Crippen MR) is 128 cm³/mol. The fraction of sp³-hybridized carbons (Fsp3) is 0.542. The van der Waals surface area contributed by atoms with E-state index in [0.717, 1.165) is 23.8 Å². The molecule has 0 radical (unpaired) electrons. The standard InChI is InChI=1S/C24H33N5O3S/c1-18(2)23-25-19(3)16-22(26-23)27-12-14-28(15-13-27)24(30)20-8-7-11-29(17-20)33(31,32)21-9-5-4-6-10-21/h4-6,9-10,16,18,20H,7-8,11-15,17H2,1-3H3. The number of nitrogens with zero attached hydrogens (tertiary/aromatic N) is 5. The van der Waals surface area contributed by atoms with E-state index in [0.29, 0.717) is 39.1 Å². The van der Waals surface area contributed by atoms with Crippen LogP contribution in [0.5, 0.6) is 0 Å². The van der Waals surface area contributed by atoms with E-state index in [2.05, 4.69) is 23.7 Å². The van der Waals surface area contributed by atoms with Crippen LogP contribution in [0.3, 0.4) is 0 Å². The Morgan fingerprint density at radius 2 is 1.73 bits per heavy atom. The number of benzene rings is 1. The first-order valence-electron chi connectivity index (χ1n) is 11.7. The van der Waals surface area contributed by atoms with Gasteiger partial charge in [0.2, 0.25) is 15.9 Å². The summed E-state index contributed by atoms with van der Waals surface area (Å²) in [5.41, 5.74) is 0.948. The maximum atomic E-state index is 13.3. The smallest absolute Gasteiger partial charge is 0.243 e. The molecule has 9 heteroatoms. The average Bonchev–Trinajstić information content (AvgIpc) is 2.84. The normalized spacial score (nSPS) is 20.3.